The van der Waals surface area contributed by atoms with Gasteiger partial charge in [0.25, 0.3) is 0 Å². The van der Waals surface area contributed by atoms with Crippen LogP contribution in [0, 0.1) is 17.8 Å². The Hall–Kier alpha value is -2.24. The summed E-state index contributed by atoms with van der Waals surface area (Å²) in [5, 5.41) is 0. The summed E-state index contributed by atoms with van der Waals surface area (Å²) in [7, 11) is 0. The first kappa shape index (κ1) is 17.6. The minimum absolute atomic E-state index is 0.793. The van der Waals surface area contributed by atoms with Gasteiger partial charge in [-0.3, -0.25) is 0 Å². The number of nitrogens with two attached hydrogens (primary N) is 1. The molecule has 2 aromatic rings. The molecule has 3 rings (SSSR count). The number of likely N-dealkylation sites (tertiary alicyclic amines) is 1. The van der Waals surface area contributed by atoms with Crippen LogP contribution in [0.2, 0.25) is 0 Å². The number of benzene rings is 2. The third-order valence-corrected chi connectivity index (χ3v) is 4.99. The van der Waals surface area contributed by atoms with Crippen molar-refractivity contribution in [2.75, 3.05) is 25.4 Å². The number of rotatable bonds is 5. The van der Waals surface area contributed by atoms with Crippen LogP contribution in [0.1, 0.15) is 36.8 Å². The molecular formula is C23H28N2. The Morgan fingerprint density at radius 3 is 2.40 bits per heavy atom. The zero-order chi connectivity index (χ0) is 17.3. The van der Waals surface area contributed by atoms with Crippen molar-refractivity contribution >= 4 is 5.69 Å². The SMILES string of the molecule is Nc1ccc(C#CCCCN2CCC(Cc3ccccc3)CC2)cc1. The van der Waals surface area contributed by atoms with Gasteiger partial charge in [0.1, 0.15) is 0 Å². The number of piperidine rings is 1. The van der Waals surface area contributed by atoms with Gasteiger partial charge in [0.05, 0.1) is 0 Å². The summed E-state index contributed by atoms with van der Waals surface area (Å²) in [5.74, 6) is 7.36. The van der Waals surface area contributed by atoms with Crippen molar-refractivity contribution in [3.63, 3.8) is 0 Å². The van der Waals surface area contributed by atoms with Gasteiger partial charge < -0.3 is 10.6 Å². The normalized spacial score (nSPS) is 15.5. The molecule has 0 saturated carbocycles. The summed E-state index contributed by atoms with van der Waals surface area (Å²) in [6.07, 6.45) is 6.01. The molecule has 0 aromatic heterocycles. The van der Waals surface area contributed by atoms with Crippen molar-refractivity contribution in [3.05, 3.63) is 65.7 Å². The molecule has 2 nitrogen and oxygen atoms in total. The van der Waals surface area contributed by atoms with Crippen LogP contribution in [0.5, 0.6) is 0 Å². The van der Waals surface area contributed by atoms with E-state index in [0.29, 0.717) is 0 Å². The van der Waals surface area contributed by atoms with Gasteiger partial charge in [-0.15, -0.1) is 0 Å². The van der Waals surface area contributed by atoms with Gasteiger partial charge in [-0.05, 0) is 81.1 Å². The van der Waals surface area contributed by atoms with E-state index in [2.05, 4.69) is 47.1 Å². The first-order valence-corrected chi connectivity index (χ1v) is 9.40. The summed E-state index contributed by atoms with van der Waals surface area (Å²) in [6.45, 7) is 3.65. The smallest absolute Gasteiger partial charge is 0.0314 e. The van der Waals surface area contributed by atoms with Crippen LogP contribution in [0.25, 0.3) is 0 Å². The second-order valence-electron chi connectivity index (χ2n) is 7.00. The molecule has 2 heteroatoms. The second kappa shape index (κ2) is 9.30. The number of anilines is 1. The maximum Gasteiger partial charge on any atom is 0.0314 e. The molecule has 0 amide bonds. The zero-order valence-corrected chi connectivity index (χ0v) is 15.0. The Labute approximate surface area is 152 Å². The molecule has 1 aliphatic heterocycles. The molecule has 130 valence electrons. The van der Waals surface area contributed by atoms with E-state index in [-0.39, 0.29) is 0 Å². The second-order valence-corrected chi connectivity index (χ2v) is 7.00. The minimum Gasteiger partial charge on any atom is -0.399 e. The van der Waals surface area contributed by atoms with E-state index in [1.807, 2.05) is 24.3 Å². The average Bonchev–Trinajstić information content (AvgIpc) is 2.65. The summed E-state index contributed by atoms with van der Waals surface area (Å²) >= 11 is 0. The van der Waals surface area contributed by atoms with Crippen LogP contribution in [0.15, 0.2) is 54.6 Å². The number of unbranched alkanes of at least 4 members (excludes halogenated alkanes) is 1. The molecule has 0 aliphatic carbocycles. The first-order valence-electron chi connectivity index (χ1n) is 9.40. The van der Waals surface area contributed by atoms with Crippen molar-refractivity contribution in [1.82, 2.24) is 4.90 Å². The fourth-order valence-corrected chi connectivity index (χ4v) is 3.48. The Kier molecular flexibility index (Phi) is 6.54. The van der Waals surface area contributed by atoms with Gasteiger partial charge in [-0.2, -0.15) is 0 Å². The van der Waals surface area contributed by atoms with Crippen molar-refractivity contribution in [1.29, 1.82) is 0 Å². The van der Waals surface area contributed by atoms with Gasteiger partial charge in [0, 0.05) is 17.7 Å². The Morgan fingerprint density at radius 1 is 0.960 bits per heavy atom. The van der Waals surface area contributed by atoms with Gasteiger partial charge in [0.2, 0.25) is 0 Å². The van der Waals surface area contributed by atoms with Crippen LogP contribution in [-0.4, -0.2) is 24.5 Å². The molecule has 1 fully saturated rings. The topological polar surface area (TPSA) is 29.3 Å². The largest absolute Gasteiger partial charge is 0.399 e. The van der Waals surface area contributed by atoms with E-state index >= 15 is 0 Å². The molecule has 1 aliphatic rings. The van der Waals surface area contributed by atoms with Crippen molar-refractivity contribution in [3.8, 4) is 11.8 Å². The van der Waals surface area contributed by atoms with Gasteiger partial charge in [-0.1, -0.05) is 42.2 Å². The molecule has 25 heavy (non-hydrogen) atoms. The van der Waals surface area contributed by atoms with Crippen molar-refractivity contribution < 1.29 is 0 Å². The van der Waals surface area contributed by atoms with E-state index in [9.17, 15) is 0 Å². The van der Waals surface area contributed by atoms with E-state index in [4.69, 9.17) is 5.73 Å². The van der Waals surface area contributed by atoms with Crippen molar-refractivity contribution in [2.24, 2.45) is 5.92 Å². The van der Waals surface area contributed by atoms with Crippen LogP contribution < -0.4 is 5.73 Å². The van der Waals surface area contributed by atoms with Gasteiger partial charge >= 0.3 is 0 Å². The van der Waals surface area contributed by atoms with Crippen LogP contribution in [0.3, 0.4) is 0 Å². The number of hydrogen-bond acceptors (Lipinski definition) is 2. The van der Waals surface area contributed by atoms with Gasteiger partial charge in [0.15, 0.2) is 0 Å². The predicted octanol–water partition coefficient (Wildman–Crippen LogP) is 4.36. The highest BCUT2D eigenvalue weighted by Gasteiger charge is 2.18. The molecule has 0 atom stereocenters. The Bertz CT molecular complexity index is 686. The highest BCUT2D eigenvalue weighted by molar-refractivity contribution is 5.44. The molecule has 0 unspecified atom stereocenters. The highest BCUT2D eigenvalue weighted by atomic mass is 15.1. The number of nitrogen functional groups attached to an aromatic ring is 1. The highest BCUT2D eigenvalue weighted by Crippen LogP contribution is 2.21. The fraction of sp³-hybridized carbons (Fsp3) is 0.391. The summed E-state index contributed by atoms with van der Waals surface area (Å²) in [6, 6.07) is 18.7. The quantitative estimate of drug-likeness (QED) is 0.501. The maximum absolute atomic E-state index is 5.68. The molecular weight excluding hydrogens is 304 g/mol. The van der Waals surface area contributed by atoms with E-state index in [1.54, 1.807) is 0 Å². The predicted molar refractivity (Wildman–Crippen MR) is 106 cm³/mol. The maximum atomic E-state index is 5.68. The lowest BCUT2D eigenvalue weighted by Gasteiger charge is -2.31. The lowest BCUT2D eigenvalue weighted by Crippen LogP contribution is -2.34. The van der Waals surface area contributed by atoms with Crippen molar-refractivity contribution in [2.45, 2.75) is 32.1 Å². The summed E-state index contributed by atoms with van der Waals surface area (Å²) in [4.78, 5) is 2.60. The van der Waals surface area contributed by atoms with E-state index in [0.717, 1.165) is 30.0 Å². The average molecular weight is 332 g/mol. The third-order valence-electron chi connectivity index (χ3n) is 4.99. The lowest BCUT2D eigenvalue weighted by molar-refractivity contribution is 0.183. The van der Waals surface area contributed by atoms with E-state index < -0.39 is 0 Å². The van der Waals surface area contributed by atoms with Crippen LogP contribution in [-0.2, 0) is 6.42 Å². The number of hydrogen-bond donors (Lipinski definition) is 1. The van der Waals surface area contributed by atoms with Gasteiger partial charge in [-0.25, -0.2) is 0 Å². The van der Waals surface area contributed by atoms with Crippen LogP contribution >= 0.6 is 0 Å². The molecule has 1 saturated heterocycles. The minimum atomic E-state index is 0.793. The monoisotopic (exact) mass is 332 g/mol. The molecule has 2 N–H and O–H groups in total. The first-order chi connectivity index (χ1) is 12.3. The number of nitrogens with zero attached hydrogens (tertiary/aromatic N) is 1. The fourth-order valence-electron chi connectivity index (χ4n) is 3.48. The standard InChI is InChI=1S/C23H28N2/c24-23-12-10-20(11-13-23)7-5-2-6-16-25-17-14-22(15-18-25)19-21-8-3-1-4-9-21/h1,3-4,8-13,22H,2,6,14-19,24H2. The molecule has 1 heterocycles. The third kappa shape index (κ3) is 5.96. The zero-order valence-electron chi connectivity index (χ0n) is 15.0. The molecule has 0 spiro atoms. The Balaban J connectivity index is 1.32. The molecule has 0 bridgehead atoms. The lowest BCUT2D eigenvalue weighted by atomic mass is 9.90. The Morgan fingerprint density at radius 2 is 1.68 bits per heavy atom. The van der Waals surface area contributed by atoms with E-state index in [1.165, 1.54) is 44.5 Å². The van der Waals surface area contributed by atoms with Crippen LogP contribution in [0.4, 0.5) is 5.69 Å². The summed E-state index contributed by atoms with van der Waals surface area (Å²) < 4.78 is 0. The molecule has 2 aromatic carbocycles. The summed E-state index contributed by atoms with van der Waals surface area (Å²) in [5.41, 5.74) is 9.01. The molecule has 0 radical (unpaired) electrons.